The Kier molecular flexibility index (Phi) is 8.66. The summed E-state index contributed by atoms with van der Waals surface area (Å²) in [6, 6.07) is 0. The maximum absolute atomic E-state index is 11.0. The van der Waals surface area contributed by atoms with Gasteiger partial charge >= 0.3 is 21.1 Å². The van der Waals surface area contributed by atoms with Gasteiger partial charge in [-0.2, -0.15) is 0 Å². The number of hydrogen-bond acceptors (Lipinski definition) is 18. The van der Waals surface area contributed by atoms with E-state index in [4.69, 9.17) is 0 Å². The molecule has 0 aromatic carbocycles. The molecule has 0 radical (unpaired) electrons. The van der Waals surface area contributed by atoms with Gasteiger partial charge in [0, 0.05) is 0 Å². The predicted molar refractivity (Wildman–Crippen MR) is 52.1 cm³/mol. The van der Waals surface area contributed by atoms with Crippen LogP contribution in [0.3, 0.4) is 0 Å². The molecule has 1 heterocycles. The van der Waals surface area contributed by atoms with Crippen LogP contribution in [-0.4, -0.2) is 0 Å². The van der Waals surface area contributed by atoms with Crippen molar-refractivity contribution in [2.24, 2.45) is 0 Å². The van der Waals surface area contributed by atoms with Crippen molar-refractivity contribution in [1.29, 1.82) is 0 Å². The van der Waals surface area contributed by atoms with Crippen molar-refractivity contribution in [3.63, 3.8) is 0 Å². The zero-order valence-corrected chi connectivity index (χ0v) is 17.8. The minimum atomic E-state index is -6.56. The summed E-state index contributed by atoms with van der Waals surface area (Å²) < 4.78 is 83.4. The maximum atomic E-state index is 11.0. The van der Waals surface area contributed by atoms with Crippen molar-refractivity contribution >= 4 is 46.9 Å². The van der Waals surface area contributed by atoms with Crippen molar-refractivity contribution in [3.05, 3.63) is 0 Å². The number of phosphoric acid groups is 6. The van der Waals surface area contributed by atoms with Gasteiger partial charge in [0.2, 0.25) is 0 Å². The SMILES string of the molecule is O=P1([O-])OP(=O)([O-])OP(=O)([O-])OP(=O)([O-])OP(=O)([O-])OP(=O)([O-])O1.[Mo+6]. The van der Waals surface area contributed by atoms with Crippen molar-refractivity contribution in [2.75, 3.05) is 0 Å². The standard InChI is InChI=1S/Mo.H6O18P6/c;1-19(2)13-20(3,4)15-22(7,8)17-24(11,12)18-23(9,10)16-21(5,6)14-19/h;(H,1,2)(H,3,4)(H,5,6)(H,7,8)(H,9,10)(H,11,12)/q+6;/p-6. The van der Waals surface area contributed by atoms with Crippen molar-refractivity contribution in [3.8, 4) is 0 Å². The summed E-state index contributed by atoms with van der Waals surface area (Å²) >= 11 is 0. The van der Waals surface area contributed by atoms with E-state index < -0.39 is 46.9 Å². The summed E-state index contributed by atoms with van der Waals surface area (Å²) in [6.07, 6.45) is 0. The van der Waals surface area contributed by atoms with Crippen LogP contribution in [0.2, 0.25) is 0 Å². The molecule has 0 spiro atoms. The van der Waals surface area contributed by atoms with Gasteiger partial charge in [-0.1, -0.05) is 0 Å². The van der Waals surface area contributed by atoms with Gasteiger partial charge in [-0.3, -0.25) is 27.4 Å². The molecule has 25 heteroatoms. The Morgan fingerprint density at radius 1 is 0.360 bits per heavy atom. The Morgan fingerprint density at radius 3 is 0.520 bits per heavy atom. The molecule has 0 N–H and O–H groups in total. The number of rotatable bonds is 0. The summed E-state index contributed by atoms with van der Waals surface area (Å²) in [6.45, 7) is 0. The third kappa shape index (κ3) is 10.1. The fourth-order valence-electron chi connectivity index (χ4n) is 0.824. The Hall–Kier alpha value is 1.59. The van der Waals surface area contributed by atoms with E-state index in [1.807, 2.05) is 0 Å². The van der Waals surface area contributed by atoms with Crippen LogP contribution < -0.4 is 29.4 Å². The van der Waals surface area contributed by atoms with Crippen LogP contribution in [0.15, 0.2) is 0 Å². The molecule has 0 atom stereocenters. The Morgan fingerprint density at radius 2 is 0.440 bits per heavy atom. The molecule has 0 unspecified atom stereocenters. The van der Waals surface area contributed by atoms with E-state index in [-0.39, 0.29) is 21.1 Å². The quantitative estimate of drug-likeness (QED) is 0.206. The molecule has 18 nitrogen and oxygen atoms in total. The molecule has 0 bridgehead atoms. The van der Waals surface area contributed by atoms with Gasteiger partial charge in [0.15, 0.2) is 0 Å². The van der Waals surface area contributed by atoms with Crippen LogP contribution >= 0.6 is 46.9 Å². The topological polar surface area (TPSA) is 296 Å². The average Bonchev–Trinajstić information content (AvgIpc) is 1.98. The Labute approximate surface area is 151 Å². The second kappa shape index (κ2) is 8.14. The first-order valence-corrected chi connectivity index (χ1v) is 13.1. The molecular formula is MoO18P6. The fraction of sp³-hybridized carbons (Fsp3) is 0. The molecule has 144 valence electrons. The van der Waals surface area contributed by atoms with Gasteiger partial charge in [-0.05, 0) is 0 Å². The first-order chi connectivity index (χ1) is 10.2. The second-order valence-corrected chi connectivity index (χ2v) is 12.5. The van der Waals surface area contributed by atoms with Gasteiger partial charge in [-0.15, -0.1) is 0 Å². The summed E-state index contributed by atoms with van der Waals surface area (Å²) in [5.41, 5.74) is 0. The molecular weight excluding hydrogens is 570 g/mol. The molecule has 0 aromatic rings. The molecule has 1 rings (SSSR count). The molecule has 1 saturated heterocycles. The van der Waals surface area contributed by atoms with Gasteiger partial charge in [0.25, 0.3) is 46.9 Å². The van der Waals surface area contributed by atoms with Gasteiger partial charge in [0.05, 0.1) is 0 Å². The van der Waals surface area contributed by atoms with Gasteiger partial charge in [-0.25, -0.2) is 25.9 Å². The zero-order valence-electron chi connectivity index (χ0n) is 10.4. The third-order valence-electron chi connectivity index (χ3n) is 1.20. The van der Waals surface area contributed by atoms with E-state index in [0.717, 1.165) is 0 Å². The van der Waals surface area contributed by atoms with Crippen LogP contribution in [0.5, 0.6) is 0 Å². The molecule has 0 saturated carbocycles. The molecule has 1 aliphatic rings. The van der Waals surface area contributed by atoms with Crippen LogP contribution in [0, 0.1) is 0 Å². The van der Waals surface area contributed by atoms with Gasteiger partial charge < -0.3 is 29.4 Å². The minimum absolute atomic E-state index is 0. The summed E-state index contributed by atoms with van der Waals surface area (Å²) in [4.78, 5) is 65.8. The van der Waals surface area contributed by atoms with Crippen molar-refractivity contribution in [1.82, 2.24) is 0 Å². The second-order valence-electron chi connectivity index (χ2n) is 3.17. The van der Waals surface area contributed by atoms with E-state index in [1.165, 1.54) is 0 Å². The summed E-state index contributed by atoms with van der Waals surface area (Å²) in [5, 5.41) is 0. The van der Waals surface area contributed by atoms with E-state index in [2.05, 4.69) is 25.9 Å². The number of hydrogen-bond donors (Lipinski definition) is 0. The fourth-order valence-corrected chi connectivity index (χ4v) is 9.03. The largest absolute Gasteiger partial charge is 6.00 e. The van der Waals surface area contributed by atoms with Crippen LogP contribution in [0.25, 0.3) is 0 Å². The maximum Gasteiger partial charge on any atom is 6.00 e. The normalized spacial score (nSPS) is 53.0. The summed E-state index contributed by atoms with van der Waals surface area (Å²) in [7, 11) is -39.3. The zero-order chi connectivity index (χ0) is 19.2. The Bertz CT molecular complexity index is 581. The molecule has 0 aromatic heterocycles. The van der Waals surface area contributed by atoms with E-state index in [1.54, 1.807) is 0 Å². The van der Waals surface area contributed by atoms with Gasteiger partial charge in [0.1, 0.15) is 0 Å². The smallest absolute Gasteiger partial charge is 0.756 e. The van der Waals surface area contributed by atoms with E-state index >= 15 is 0 Å². The molecule has 25 heavy (non-hydrogen) atoms. The summed E-state index contributed by atoms with van der Waals surface area (Å²) in [5.74, 6) is 0. The minimum Gasteiger partial charge on any atom is -0.756 e. The molecule has 1 fully saturated rings. The molecule has 1 aliphatic heterocycles. The van der Waals surface area contributed by atoms with Crippen LogP contribution in [-0.2, 0) is 74.3 Å². The average molecular weight is 570 g/mol. The third-order valence-corrected chi connectivity index (χ3v) is 10.8. The van der Waals surface area contributed by atoms with E-state index in [0.29, 0.717) is 0 Å². The first kappa shape index (κ1) is 26.6. The molecule has 0 amide bonds. The van der Waals surface area contributed by atoms with Crippen LogP contribution in [0.4, 0.5) is 0 Å². The van der Waals surface area contributed by atoms with E-state index in [9.17, 15) is 56.8 Å². The first-order valence-electron chi connectivity index (χ1n) is 4.38. The van der Waals surface area contributed by atoms with Crippen molar-refractivity contribution < 1.29 is 104 Å². The molecule has 0 aliphatic carbocycles. The Balaban J connectivity index is 0.00000576. The predicted octanol–water partition coefficient (Wildman–Crippen LogP) is -3.09. The van der Waals surface area contributed by atoms with Crippen molar-refractivity contribution in [2.45, 2.75) is 0 Å². The monoisotopic (exact) mass is 572 g/mol. The van der Waals surface area contributed by atoms with Crippen LogP contribution in [0.1, 0.15) is 0 Å².